The number of nitrogens with zero attached hydrogens (tertiary/aromatic N) is 4. The van der Waals surface area contributed by atoms with Crippen molar-refractivity contribution in [2.75, 3.05) is 13.1 Å². The summed E-state index contributed by atoms with van der Waals surface area (Å²) in [6, 6.07) is 6.53. The molecule has 29 heavy (non-hydrogen) atoms. The van der Waals surface area contributed by atoms with E-state index in [1.54, 1.807) is 36.2 Å². The minimum absolute atomic E-state index is 0.0153. The molecule has 1 unspecified atom stereocenters. The van der Waals surface area contributed by atoms with Crippen LogP contribution in [0.25, 0.3) is 0 Å². The smallest absolute Gasteiger partial charge is 0.223 e. The normalized spacial score (nSPS) is 18.6. The summed E-state index contributed by atoms with van der Waals surface area (Å²) in [4.78, 5) is 37.3. The molecule has 2 aliphatic heterocycles. The number of fused-ring (bicyclic) bond motifs is 1. The fourth-order valence-corrected chi connectivity index (χ4v) is 4.22. The Bertz CT molecular complexity index is 933. The topological polar surface area (TPSA) is 66.4 Å². The molecule has 0 radical (unpaired) electrons. The van der Waals surface area contributed by atoms with Crippen LogP contribution >= 0.6 is 0 Å². The van der Waals surface area contributed by atoms with E-state index < -0.39 is 0 Å². The van der Waals surface area contributed by atoms with E-state index in [9.17, 15) is 14.0 Å². The summed E-state index contributed by atoms with van der Waals surface area (Å²) < 4.78 is 13.8. The summed E-state index contributed by atoms with van der Waals surface area (Å²) in [5.41, 5.74) is 2.48. The Kier molecular flexibility index (Phi) is 5.56. The molecule has 1 fully saturated rings. The molecule has 2 aliphatic rings. The standard InChI is InChI=1S/C22H25FN4O2/c1-15(28)27-11-4-7-20(27)22-24-13-17-14-26(12-10-19(17)25-22)21(29)9-8-16-5-2-3-6-18(16)23/h2-3,5-6,13,20H,4,7-12,14H2,1H3. The molecule has 4 rings (SSSR count). The minimum atomic E-state index is -0.267. The molecular formula is C22H25FN4O2. The van der Waals surface area contributed by atoms with E-state index >= 15 is 0 Å². The SMILES string of the molecule is CC(=O)N1CCCC1c1ncc2c(n1)CCN(C(=O)CCc1ccccc1F)C2. The van der Waals surface area contributed by atoms with E-state index in [4.69, 9.17) is 4.98 Å². The van der Waals surface area contributed by atoms with Crippen LogP contribution in [0.3, 0.4) is 0 Å². The van der Waals surface area contributed by atoms with Crippen molar-refractivity contribution in [2.24, 2.45) is 0 Å². The van der Waals surface area contributed by atoms with Gasteiger partial charge >= 0.3 is 0 Å². The van der Waals surface area contributed by atoms with Crippen LogP contribution in [0, 0.1) is 5.82 Å². The molecule has 0 saturated carbocycles. The summed E-state index contributed by atoms with van der Waals surface area (Å²) in [7, 11) is 0. The number of amides is 2. The Hall–Kier alpha value is -2.83. The number of hydrogen-bond donors (Lipinski definition) is 0. The lowest BCUT2D eigenvalue weighted by Gasteiger charge is -2.29. The van der Waals surface area contributed by atoms with Crippen LogP contribution in [0.5, 0.6) is 0 Å². The lowest BCUT2D eigenvalue weighted by atomic mass is 10.0. The van der Waals surface area contributed by atoms with Crippen LogP contribution in [0.2, 0.25) is 0 Å². The number of carbonyl (C=O) groups excluding carboxylic acids is 2. The monoisotopic (exact) mass is 396 g/mol. The first-order valence-electron chi connectivity index (χ1n) is 10.2. The van der Waals surface area contributed by atoms with Gasteiger partial charge in [-0.25, -0.2) is 14.4 Å². The van der Waals surface area contributed by atoms with Crippen molar-refractivity contribution in [1.29, 1.82) is 0 Å². The second kappa shape index (κ2) is 8.27. The molecule has 2 amide bonds. The van der Waals surface area contributed by atoms with E-state index in [-0.39, 0.29) is 30.1 Å². The van der Waals surface area contributed by atoms with Crippen molar-refractivity contribution < 1.29 is 14.0 Å². The molecule has 1 atom stereocenters. The van der Waals surface area contributed by atoms with Crippen LogP contribution in [0.4, 0.5) is 4.39 Å². The Balaban J connectivity index is 1.40. The van der Waals surface area contributed by atoms with Gasteiger partial charge in [-0.15, -0.1) is 0 Å². The molecule has 2 aromatic rings. The number of carbonyl (C=O) groups is 2. The number of likely N-dealkylation sites (tertiary alicyclic amines) is 1. The lowest BCUT2D eigenvalue weighted by Crippen LogP contribution is -2.37. The highest BCUT2D eigenvalue weighted by Gasteiger charge is 2.31. The van der Waals surface area contributed by atoms with Crippen molar-refractivity contribution in [3.05, 3.63) is 58.9 Å². The predicted molar refractivity (Wildman–Crippen MR) is 105 cm³/mol. The third-order valence-electron chi connectivity index (χ3n) is 5.83. The average molecular weight is 396 g/mol. The molecule has 1 saturated heterocycles. The van der Waals surface area contributed by atoms with E-state index in [1.165, 1.54) is 6.07 Å². The van der Waals surface area contributed by atoms with E-state index in [0.29, 0.717) is 37.3 Å². The zero-order valence-electron chi connectivity index (χ0n) is 16.6. The van der Waals surface area contributed by atoms with Gasteiger partial charge in [-0.1, -0.05) is 18.2 Å². The Morgan fingerprint density at radius 2 is 2.07 bits per heavy atom. The summed E-state index contributed by atoms with van der Waals surface area (Å²) in [5.74, 6) is 0.509. The Morgan fingerprint density at radius 3 is 2.86 bits per heavy atom. The molecule has 3 heterocycles. The van der Waals surface area contributed by atoms with Gasteiger partial charge < -0.3 is 9.80 Å². The van der Waals surface area contributed by atoms with Gasteiger partial charge in [-0.3, -0.25) is 9.59 Å². The van der Waals surface area contributed by atoms with Crippen molar-refractivity contribution >= 4 is 11.8 Å². The van der Waals surface area contributed by atoms with E-state index in [1.807, 2.05) is 4.90 Å². The molecule has 0 N–H and O–H groups in total. The van der Waals surface area contributed by atoms with Gasteiger partial charge in [-0.2, -0.15) is 0 Å². The lowest BCUT2D eigenvalue weighted by molar-refractivity contribution is -0.132. The van der Waals surface area contributed by atoms with Crippen LogP contribution in [-0.4, -0.2) is 44.7 Å². The van der Waals surface area contributed by atoms with E-state index in [0.717, 1.165) is 30.6 Å². The number of halogens is 1. The van der Waals surface area contributed by atoms with Crippen molar-refractivity contribution in [2.45, 2.75) is 51.6 Å². The second-order valence-corrected chi connectivity index (χ2v) is 7.73. The molecule has 152 valence electrons. The number of benzene rings is 1. The van der Waals surface area contributed by atoms with Crippen LogP contribution in [0.15, 0.2) is 30.5 Å². The fraction of sp³-hybridized carbons (Fsp3) is 0.455. The third-order valence-corrected chi connectivity index (χ3v) is 5.83. The van der Waals surface area contributed by atoms with Crippen molar-refractivity contribution in [3.8, 4) is 0 Å². The number of hydrogen-bond acceptors (Lipinski definition) is 4. The maximum absolute atomic E-state index is 13.8. The highest BCUT2D eigenvalue weighted by molar-refractivity contribution is 5.76. The zero-order valence-corrected chi connectivity index (χ0v) is 16.6. The summed E-state index contributed by atoms with van der Waals surface area (Å²) in [5, 5.41) is 0. The van der Waals surface area contributed by atoms with Gasteiger partial charge in [0, 0.05) is 51.2 Å². The number of aryl methyl sites for hydroxylation is 1. The Morgan fingerprint density at radius 1 is 1.24 bits per heavy atom. The summed E-state index contributed by atoms with van der Waals surface area (Å²) in [6.45, 7) is 3.42. The average Bonchev–Trinajstić information content (AvgIpc) is 3.22. The molecule has 0 aliphatic carbocycles. The maximum Gasteiger partial charge on any atom is 0.223 e. The molecule has 1 aromatic carbocycles. The highest BCUT2D eigenvalue weighted by atomic mass is 19.1. The van der Waals surface area contributed by atoms with Crippen molar-refractivity contribution in [1.82, 2.24) is 19.8 Å². The molecule has 6 nitrogen and oxygen atoms in total. The second-order valence-electron chi connectivity index (χ2n) is 7.73. The van der Waals surface area contributed by atoms with Crippen molar-refractivity contribution in [3.63, 3.8) is 0 Å². The fourth-order valence-electron chi connectivity index (χ4n) is 4.22. The minimum Gasteiger partial charge on any atom is -0.338 e. The molecule has 1 aromatic heterocycles. The molecular weight excluding hydrogens is 371 g/mol. The Labute approximate surface area is 169 Å². The molecule has 0 bridgehead atoms. The van der Waals surface area contributed by atoms with Gasteiger partial charge in [0.25, 0.3) is 0 Å². The summed E-state index contributed by atoms with van der Waals surface area (Å²) >= 11 is 0. The van der Waals surface area contributed by atoms with E-state index in [2.05, 4.69) is 4.98 Å². The predicted octanol–water partition coefficient (Wildman–Crippen LogP) is 2.82. The van der Waals surface area contributed by atoms with Crippen LogP contribution < -0.4 is 0 Å². The first-order valence-corrected chi connectivity index (χ1v) is 10.2. The van der Waals surface area contributed by atoms with Gasteiger partial charge in [0.15, 0.2) is 5.82 Å². The number of aromatic nitrogens is 2. The molecule has 7 heteroatoms. The summed E-state index contributed by atoms with van der Waals surface area (Å²) in [6.07, 6.45) is 5.00. The first-order chi connectivity index (χ1) is 14.0. The molecule has 0 spiro atoms. The van der Waals surface area contributed by atoms with Crippen LogP contribution in [-0.2, 0) is 29.0 Å². The largest absolute Gasteiger partial charge is 0.338 e. The third kappa shape index (κ3) is 4.13. The van der Waals surface area contributed by atoms with Crippen LogP contribution in [0.1, 0.15) is 54.9 Å². The quantitative estimate of drug-likeness (QED) is 0.797. The highest BCUT2D eigenvalue weighted by Crippen LogP contribution is 2.30. The van der Waals surface area contributed by atoms with Gasteiger partial charge in [0.05, 0.1) is 11.7 Å². The number of rotatable bonds is 4. The van der Waals surface area contributed by atoms with Gasteiger partial charge in [0.2, 0.25) is 11.8 Å². The zero-order chi connectivity index (χ0) is 20.4. The van der Waals surface area contributed by atoms with Gasteiger partial charge in [-0.05, 0) is 30.9 Å². The first kappa shape index (κ1) is 19.5. The maximum atomic E-state index is 13.8. The van der Waals surface area contributed by atoms with Gasteiger partial charge in [0.1, 0.15) is 5.82 Å².